The second kappa shape index (κ2) is 4.53. The minimum absolute atomic E-state index is 0.655. The quantitative estimate of drug-likeness (QED) is 0.786. The fraction of sp³-hybridized carbons (Fsp3) is 0.692. The largest absolute Gasteiger partial charge is 0.463 e. The summed E-state index contributed by atoms with van der Waals surface area (Å²) in [5.41, 5.74) is 1.36. The van der Waals surface area contributed by atoms with Gasteiger partial charge in [0.15, 0.2) is 0 Å². The van der Waals surface area contributed by atoms with Gasteiger partial charge >= 0.3 is 0 Å². The number of rotatable bonds is 1. The Balaban J connectivity index is 1.88. The summed E-state index contributed by atoms with van der Waals surface area (Å²) in [5.74, 6) is 3.04. The van der Waals surface area contributed by atoms with Crippen molar-refractivity contribution in [2.75, 3.05) is 0 Å². The van der Waals surface area contributed by atoms with Crippen LogP contribution < -0.4 is 5.32 Å². The number of furan rings is 1. The Labute approximate surface area is 105 Å². The molecule has 0 amide bonds. The van der Waals surface area contributed by atoms with Gasteiger partial charge in [-0.1, -0.05) is 25.7 Å². The van der Waals surface area contributed by atoms with Gasteiger partial charge < -0.3 is 9.73 Å². The monoisotopic (exact) mass is 283 g/mol. The lowest BCUT2D eigenvalue weighted by molar-refractivity contribution is 0.405. The summed E-state index contributed by atoms with van der Waals surface area (Å²) in [6, 6.07) is 0. The van der Waals surface area contributed by atoms with Crippen molar-refractivity contribution in [3.05, 3.63) is 21.6 Å². The Kier molecular flexibility index (Phi) is 3.07. The first-order chi connectivity index (χ1) is 7.86. The number of halogens is 1. The molecule has 1 aliphatic carbocycles. The lowest BCUT2D eigenvalue weighted by Crippen LogP contribution is -2.03. The third-order valence-corrected chi connectivity index (χ3v) is 4.73. The van der Waals surface area contributed by atoms with Crippen molar-refractivity contribution in [2.45, 2.75) is 57.5 Å². The van der Waals surface area contributed by atoms with E-state index in [2.05, 4.69) is 21.2 Å². The lowest BCUT2D eigenvalue weighted by atomic mass is 9.97. The molecule has 1 N–H and O–H groups in total. The molecule has 0 spiro atoms. The van der Waals surface area contributed by atoms with Gasteiger partial charge in [-0.05, 0) is 28.8 Å². The highest BCUT2D eigenvalue weighted by molar-refractivity contribution is 9.10. The molecule has 3 heteroatoms. The predicted octanol–water partition coefficient (Wildman–Crippen LogP) is 4.08. The van der Waals surface area contributed by atoms with Crippen molar-refractivity contribution in [1.82, 2.24) is 5.32 Å². The smallest absolute Gasteiger partial charge is 0.123 e. The molecule has 1 saturated carbocycles. The third-order valence-electron chi connectivity index (χ3n) is 3.86. The molecule has 2 heterocycles. The Morgan fingerprint density at radius 3 is 2.50 bits per heavy atom. The molecule has 0 radical (unpaired) electrons. The summed E-state index contributed by atoms with van der Waals surface area (Å²) < 4.78 is 7.29. The molecule has 1 aromatic rings. The first kappa shape index (κ1) is 10.8. The van der Waals surface area contributed by atoms with Crippen LogP contribution in [0.2, 0.25) is 0 Å². The van der Waals surface area contributed by atoms with Gasteiger partial charge in [0, 0.05) is 18.0 Å². The standard InChI is InChI=1S/C13H18BrNO/c14-12-10-7-15-8-11(10)16-13(12)9-5-3-1-2-4-6-9/h9,15H,1-8H2. The number of hydrogen-bond donors (Lipinski definition) is 1. The van der Waals surface area contributed by atoms with Crippen LogP contribution in [0, 0.1) is 0 Å². The molecule has 1 fully saturated rings. The second-order valence-electron chi connectivity index (χ2n) is 4.97. The number of hydrogen-bond acceptors (Lipinski definition) is 2. The fourth-order valence-electron chi connectivity index (χ4n) is 2.93. The van der Waals surface area contributed by atoms with Gasteiger partial charge in [-0.15, -0.1) is 0 Å². The molecule has 1 aromatic heterocycles. The Morgan fingerprint density at radius 2 is 1.81 bits per heavy atom. The normalized spacial score (nSPS) is 22.1. The zero-order valence-electron chi connectivity index (χ0n) is 9.52. The maximum absolute atomic E-state index is 6.04. The van der Waals surface area contributed by atoms with Crippen LogP contribution in [0.25, 0.3) is 0 Å². The SMILES string of the molecule is Brc1c(C2CCCCCC2)oc2c1CNC2. The van der Waals surface area contributed by atoms with E-state index >= 15 is 0 Å². The van der Waals surface area contributed by atoms with E-state index in [1.165, 1.54) is 54.3 Å². The van der Waals surface area contributed by atoms with E-state index < -0.39 is 0 Å². The molecule has 3 rings (SSSR count). The van der Waals surface area contributed by atoms with Crippen LogP contribution in [0.3, 0.4) is 0 Å². The highest BCUT2D eigenvalue weighted by Crippen LogP contribution is 2.40. The Hall–Kier alpha value is -0.280. The summed E-state index contributed by atoms with van der Waals surface area (Å²) in [5, 5.41) is 3.33. The van der Waals surface area contributed by atoms with E-state index in [4.69, 9.17) is 4.42 Å². The molecule has 16 heavy (non-hydrogen) atoms. The second-order valence-corrected chi connectivity index (χ2v) is 5.77. The average Bonchev–Trinajstić information content (AvgIpc) is 2.74. The van der Waals surface area contributed by atoms with Gasteiger partial charge in [0.2, 0.25) is 0 Å². The lowest BCUT2D eigenvalue weighted by Gasteiger charge is -2.12. The van der Waals surface area contributed by atoms with Crippen LogP contribution in [0.1, 0.15) is 61.5 Å². The summed E-state index contributed by atoms with van der Waals surface area (Å²) in [6.07, 6.45) is 8.13. The van der Waals surface area contributed by atoms with Gasteiger partial charge in [0.1, 0.15) is 11.5 Å². The zero-order valence-corrected chi connectivity index (χ0v) is 11.1. The predicted molar refractivity (Wildman–Crippen MR) is 67.4 cm³/mol. The highest BCUT2D eigenvalue weighted by Gasteiger charge is 2.27. The highest BCUT2D eigenvalue weighted by atomic mass is 79.9. The Bertz CT molecular complexity index is 378. The molecule has 2 nitrogen and oxygen atoms in total. The molecular formula is C13H18BrNO. The van der Waals surface area contributed by atoms with Crippen molar-refractivity contribution in [3.8, 4) is 0 Å². The zero-order chi connectivity index (χ0) is 11.0. The fourth-order valence-corrected chi connectivity index (χ4v) is 3.70. The van der Waals surface area contributed by atoms with Crippen LogP contribution >= 0.6 is 15.9 Å². The topological polar surface area (TPSA) is 25.2 Å². The first-order valence-electron chi connectivity index (χ1n) is 6.37. The summed E-state index contributed by atoms with van der Waals surface area (Å²) in [4.78, 5) is 0. The number of fused-ring (bicyclic) bond motifs is 1. The summed E-state index contributed by atoms with van der Waals surface area (Å²) in [7, 11) is 0. The van der Waals surface area contributed by atoms with Crippen molar-refractivity contribution < 1.29 is 4.42 Å². The molecule has 1 aliphatic heterocycles. The van der Waals surface area contributed by atoms with Gasteiger partial charge in [-0.2, -0.15) is 0 Å². The molecule has 2 aliphatic rings. The molecule has 88 valence electrons. The molecule has 0 atom stereocenters. The van der Waals surface area contributed by atoms with E-state index in [0.717, 1.165) is 18.8 Å². The van der Waals surface area contributed by atoms with Crippen LogP contribution in [0.4, 0.5) is 0 Å². The number of nitrogens with one attached hydrogen (secondary N) is 1. The van der Waals surface area contributed by atoms with Gasteiger partial charge in [0.25, 0.3) is 0 Å². The third kappa shape index (κ3) is 1.84. The summed E-state index contributed by atoms with van der Waals surface area (Å²) >= 11 is 3.73. The van der Waals surface area contributed by atoms with Crippen molar-refractivity contribution in [2.24, 2.45) is 0 Å². The molecule has 0 unspecified atom stereocenters. The van der Waals surface area contributed by atoms with Crippen molar-refractivity contribution in [3.63, 3.8) is 0 Å². The van der Waals surface area contributed by atoms with Crippen molar-refractivity contribution in [1.29, 1.82) is 0 Å². The van der Waals surface area contributed by atoms with E-state index in [1.807, 2.05) is 0 Å². The maximum Gasteiger partial charge on any atom is 0.123 e. The minimum Gasteiger partial charge on any atom is -0.463 e. The van der Waals surface area contributed by atoms with Crippen LogP contribution in [-0.4, -0.2) is 0 Å². The van der Waals surface area contributed by atoms with E-state index in [-0.39, 0.29) is 0 Å². The molecular weight excluding hydrogens is 266 g/mol. The van der Waals surface area contributed by atoms with Gasteiger partial charge in [0.05, 0.1) is 11.0 Å². The van der Waals surface area contributed by atoms with E-state index in [0.29, 0.717) is 5.92 Å². The summed E-state index contributed by atoms with van der Waals surface area (Å²) in [6.45, 7) is 1.87. The molecule has 0 aromatic carbocycles. The average molecular weight is 284 g/mol. The maximum atomic E-state index is 6.04. The molecule has 0 saturated heterocycles. The minimum atomic E-state index is 0.655. The Morgan fingerprint density at radius 1 is 1.06 bits per heavy atom. The van der Waals surface area contributed by atoms with E-state index in [9.17, 15) is 0 Å². The van der Waals surface area contributed by atoms with Crippen molar-refractivity contribution >= 4 is 15.9 Å². The first-order valence-corrected chi connectivity index (χ1v) is 7.16. The van der Waals surface area contributed by atoms with Gasteiger partial charge in [-0.3, -0.25) is 0 Å². The van der Waals surface area contributed by atoms with Gasteiger partial charge in [-0.25, -0.2) is 0 Å². The molecule has 0 bridgehead atoms. The van der Waals surface area contributed by atoms with Crippen LogP contribution in [0.15, 0.2) is 8.89 Å². The van der Waals surface area contributed by atoms with E-state index in [1.54, 1.807) is 0 Å². The van der Waals surface area contributed by atoms with Crippen LogP contribution in [0.5, 0.6) is 0 Å². The van der Waals surface area contributed by atoms with Crippen LogP contribution in [-0.2, 0) is 13.1 Å².